The van der Waals surface area contributed by atoms with Gasteiger partial charge in [-0.1, -0.05) is 34.1 Å². The minimum Gasteiger partial charge on any atom is -0.496 e. The molecule has 0 amide bonds. The summed E-state index contributed by atoms with van der Waals surface area (Å²) < 4.78 is 24.9. The first kappa shape index (κ1) is 15.4. The summed E-state index contributed by atoms with van der Waals surface area (Å²) in [5.74, 6) is -0.426. The van der Waals surface area contributed by atoms with E-state index in [2.05, 4.69) is 20.9 Å². The number of halogens is 2. The molecule has 2 aromatic carbocycles. The van der Waals surface area contributed by atoms with E-state index in [4.69, 9.17) is 9.47 Å². The van der Waals surface area contributed by atoms with E-state index in [9.17, 15) is 9.18 Å². The molecule has 0 spiro atoms. The zero-order valence-electron chi connectivity index (χ0n) is 12.0. The minimum absolute atomic E-state index is 0.0344. The lowest BCUT2D eigenvalue weighted by Crippen LogP contribution is -2.07. The third-order valence-electron chi connectivity index (χ3n) is 3.21. The van der Waals surface area contributed by atoms with Crippen LogP contribution in [0.3, 0.4) is 0 Å². The van der Waals surface area contributed by atoms with Gasteiger partial charge in [-0.15, -0.1) is 0 Å². The normalized spacial score (nSPS) is 15.5. The summed E-state index contributed by atoms with van der Waals surface area (Å²) in [6, 6.07) is 11.4. The number of ether oxygens (including phenoxy) is 2. The van der Waals surface area contributed by atoms with Gasteiger partial charge in [0.1, 0.15) is 11.6 Å². The molecule has 0 aliphatic carbocycles. The highest BCUT2D eigenvalue weighted by molar-refractivity contribution is 9.10. The van der Waals surface area contributed by atoms with E-state index in [-0.39, 0.29) is 17.2 Å². The van der Waals surface area contributed by atoms with Gasteiger partial charge in [-0.2, -0.15) is 0 Å². The molecule has 1 aliphatic heterocycles. The van der Waals surface area contributed by atoms with Crippen molar-refractivity contribution in [1.29, 1.82) is 0 Å². The number of cyclic esters (lactones) is 1. The van der Waals surface area contributed by atoms with Gasteiger partial charge in [0.2, 0.25) is 5.90 Å². The van der Waals surface area contributed by atoms with Crippen LogP contribution in [-0.4, -0.2) is 19.0 Å². The van der Waals surface area contributed by atoms with Crippen molar-refractivity contribution >= 4 is 33.9 Å². The van der Waals surface area contributed by atoms with E-state index in [1.807, 2.05) is 0 Å². The highest BCUT2D eigenvalue weighted by atomic mass is 79.9. The Bertz CT molecular complexity index is 845. The highest BCUT2D eigenvalue weighted by Gasteiger charge is 2.26. The maximum absolute atomic E-state index is 13.7. The molecule has 0 aromatic heterocycles. The van der Waals surface area contributed by atoms with Crippen molar-refractivity contribution < 1.29 is 18.7 Å². The van der Waals surface area contributed by atoms with E-state index in [1.54, 1.807) is 36.4 Å². The number of nitrogens with zero attached hydrogens (tertiary/aromatic N) is 1. The van der Waals surface area contributed by atoms with Crippen molar-refractivity contribution in [3.63, 3.8) is 0 Å². The van der Waals surface area contributed by atoms with Gasteiger partial charge >= 0.3 is 5.97 Å². The second-order valence-electron chi connectivity index (χ2n) is 4.70. The fourth-order valence-electron chi connectivity index (χ4n) is 2.11. The lowest BCUT2D eigenvalue weighted by Gasteiger charge is -2.07. The van der Waals surface area contributed by atoms with Crippen LogP contribution < -0.4 is 4.74 Å². The quantitative estimate of drug-likeness (QED) is 0.602. The summed E-state index contributed by atoms with van der Waals surface area (Å²) in [6.07, 6.45) is 1.36. The number of carbonyl (C=O) groups excluding carboxylic acids is 1. The minimum atomic E-state index is -0.634. The Labute approximate surface area is 140 Å². The van der Waals surface area contributed by atoms with Crippen molar-refractivity contribution in [2.75, 3.05) is 7.11 Å². The van der Waals surface area contributed by atoms with Crippen molar-refractivity contribution in [2.45, 2.75) is 0 Å². The molecule has 4 nitrogen and oxygen atoms in total. The van der Waals surface area contributed by atoms with E-state index in [0.717, 1.165) is 4.47 Å². The molecule has 0 N–H and O–H groups in total. The van der Waals surface area contributed by atoms with Gasteiger partial charge in [-0.05, 0) is 30.3 Å². The topological polar surface area (TPSA) is 47.9 Å². The molecule has 23 heavy (non-hydrogen) atoms. The molecule has 3 rings (SSSR count). The van der Waals surface area contributed by atoms with Crippen LogP contribution in [0.1, 0.15) is 11.1 Å². The molecule has 0 saturated carbocycles. The molecule has 1 heterocycles. The molecule has 0 bridgehead atoms. The van der Waals surface area contributed by atoms with Gasteiger partial charge in [0, 0.05) is 10.0 Å². The number of esters is 1. The molecule has 0 atom stereocenters. The smallest absolute Gasteiger partial charge is 0.363 e. The van der Waals surface area contributed by atoms with E-state index in [1.165, 1.54) is 19.3 Å². The number of carbonyl (C=O) groups is 1. The van der Waals surface area contributed by atoms with Crippen molar-refractivity contribution in [3.05, 3.63) is 69.6 Å². The largest absolute Gasteiger partial charge is 0.496 e. The van der Waals surface area contributed by atoms with Crippen LogP contribution in [-0.2, 0) is 9.53 Å². The van der Waals surface area contributed by atoms with Gasteiger partial charge in [0.05, 0.1) is 12.7 Å². The molecular formula is C17H11BrFNO3. The third kappa shape index (κ3) is 3.17. The number of hydrogen-bond donors (Lipinski definition) is 0. The van der Waals surface area contributed by atoms with Crippen LogP contribution in [0.5, 0.6) is 5.75 Å². The standard InChI is InChI=1S/C17H11BrFNO3/c1-22-15-7-6-11(18)9-12(15)16-20-14(17(21)23-16)8-10-4-2-3-5-13(10)19/h2-9H,1H3. The molecular weight excluding hydrogens is 365 g/mol. The summed E-state index contributed by atoms with van der Waals surface area (Å²) >= 11 is 3.35. The highest BCUT2D eigenvalue weighted by Crippen LogP contribution is 2.28. The van der Waals surface area contributed by atoms with Crippen LogP contribution >= 0.6 is 15.9 Å². The Morgan fingerprint density at radius 3 is 2.78 bits per heavy atom. The van der Waals surface area contributed by atoms with E-state index >= 15 is 0 Å². The summed E-state index contributed by atoms with van der Waals surface area (Å²) in [6.45, 7) is 0. The zero-order valence-corrected chi connectivity index (χ0v) is 13.6. The lowest BCUT2D eigenvalue weighted by atomic mass is 10.2. The Balaban J connectivity index is 2.03. The number of hydrogen-bond acceptors (Lipinski definition) is 4. The average Bonchev–Trinajstić information content (AvgIpc) is 2.90. The van der Waals surface area contributed by atoms with Gasteiger partial charge in [-0.3, -0.25) is 0 Å². The summed E-state index contributed by atoms with van der Waals surface area (Å²) in [5, 5.41) is 0. The number of methoxy groups -OCH3 is 1. The summed E-state index contributed by atoms with van der Waals surface area (Å²) in [7, 11) is 1.51. The SMILES string of the molecule is COc1ccc(Br)cc1C1=NC(=Cc2ccccc2F)C(=O)O1. The molecule has 0 fully saturated rings. The number of aliphatic imine (C=N–C) groups is 1. The maximum atomic E-state index is 13.7. The summed E-state index contributed by atoms with van der Waals surface area (Å²) in [4.78, 5) is 16.1. The van der Waals surface area contributed by atoms with Crippen molar-refractivity contribution in [2.24, 2.45) is 4.99 Å². The first-order chi connectivity index (χ1) is 11.1. The Hall–Kier alpha value is -2.47. The predicted molar refractivity (Wildman–Crippen MR) is 87.7 cm³/mol. The van der Waals surface area contributed by atoms with Crippen LogP contribution in [0.4, 0.5) is 4.39 Å². The van der Waals surface area contributed by atoms with Crippen molar-refractivity contribution in [3.8, 4) is 5.75 Å². The van der Waals surface area contributed by atoms with Crippen LogP contribution in [0.15, 0.2) is 57.6 Å². The molecule has 1 aliphatic rings. The van der Waals surface area contributed by atoms with Crippen LogP contribution in [0.25, 0.3) is 6.08 Å². The van der Waals surface area contributed by atoms with Gasteiger partial charge in [-0.25, -0.2) is 14.2 Å². The van der Waals surface area contributed by atoms with Gasteiger partial charge in [0.15, 0.2) is 5.70 Å². The Morgan fingerprint density at radius 1 is 1.26 bits per heavy atom. The van der Waals surface area contributed by atoms with E-state index < -0.39 is 11.8 Å². The van der Waals surface area contributed by atoms with Crippen LogP contribution in [0, 0.1) is 5.82 Å². The molecule has 0 radical (unpaired) electrons. The molecule has 6 heteroatoms. The molecule has 2 aromatic rings. The lowest BCUT2D eigenvalue weighted by molar-refractivity contribution is -0.129. The van der Waals surface area contributed by atoms with Crippen molar-refractivity contribution in [1.82, 2.24) is 0 Å². The second kappa shape index (κ2) is 6.34. The monoisotopic (exact) mass is 375 g/mol. The summed E-state index contributed by atoms with van der Waals surface area (Å²) in [5.41, 5.74) is 0.838. The zero-order chi connectivity index (χ0) is 16.4. The fraction of sp³-hybridized carbons (Fsp3) is 0.0588. The Kier molecular flexibility index (Phi) is 4.25. The first-order valence-corrected chi connectivity index (χ1v) is 7.49. The number of benzene rings is 2. The fourth-order valence-corrected chi connectivity index (χ4v) is 2.47. The second-order valence-corrected chi connectivity index (χ2v) is 5.62. The third-order valence-corrected chi connectivity index (χ3v) is 3.70. The first-order valence-electron chi connectivity index (χ1n) is 6.69. The molecule has 116 valence electrons. The van der Waals surface area contributed by atoms with Gasteiger partial charge in [0.25, 0.3) is 0 Å². The molecule has 0 unspecified atom stereocenters. The Morgan fingerprint density at radius 2 is 2.04 bits per heavy atom. The van der Waals surface area contributed by atoms with Gasteiger partial charge < -0.3 is 9.47 Å². The molecule has 0 saturated heterocycles. The average molecular weight is 376 g/mol. The maximum Gasteiger partial charge on any atom is 0.363 e. The van der Waals surface area contributed by atoms with E-state index in [0.29, 0.717) is 11.3 Å². The van der Waals surface area contributed by atoms with Crippen LogP contribution in [0.2, 0.25) is 0 Å². The number of rotatable bonds is 3. The predicted octanol–water partition coefficient (Wildman–Crippen LogP) is 3.94.